The van der Waals surface area contributed by atoms with Crippen LogP contribution in [0.5, 0.6) is 0 Å². The zero-order valence-corrected chi connectivity index (χ0v) is 15.7. The normalized spacial score (nSPS) is 10.0. The molecule has 8 heteroatoms. The second-order valence-electron chi connectivity index (χ2n) is 5.62. The van der Waals surface area contributed by atoms with E-state index >= 15 is 0 Å². The number of methoxy groups -OCH3 is 1. The van der Waals surface area contributed by atoms with Crippen LogP contribution in [0.2, 0.25) is 0 Å². The van der Waals surface area contributed by atoms with Gasteiger partial charge in [0.25, 0.3) is 0 Å². The van der Waals surface area contributed by atoms with E-state index in [9.17, 15) is 9.59 Å². The molecule has 0 heterocycles. The average molecular weight is 366 g/mol. The van der Waals surface area contributed by atoms with E-state index in [1.807, 2.05) is 32.0 Å². The third-order valence-electron chi connectivity index (χ3n) is 3.50. The maximum Gasteiger partial charge on any atom is 0.238 e. The van der Waals surface area contributed by atoms with Crippen LogP contribution >= 0.6 is 12.2 Å². The number of hydrogen-bond acceptors (Lipinski definition) is 4. The Morgan fingerprint density at radius 1 is 1.08 bits per heavy atom. The number of aryl methyl sites for hydroxylation is 2. The molecule has 0 unspecified atom stereocenters. The van der Waals surface area contributed by atoms with E-state index in [0.717, 1.165) is 23.2 Å². The van der Waals surface area contributed by atoms with E-state index < -0.39 is 0 Å². The number of carbonyl (C=O) groups excluding carboxylic acids is 2. The van der Waals surface area contributed by atoms with Crippen LogP contribution in [0.15, 0.2) is 18.2 Å². The summed E-state index contributed by atoms with van der Waals surface area (Å²) >= 11 is 5.01. The molecule has 0 radical (unpaired) electrons. The number of nitrogens with one attached hydrogen (secondary N) is 4. The van der Waals surface area contributed by atoms with Gasteiger partial charge in [0.1, 0.15) is 0 Å². The molecule has 0 saturated heterocycles. The van der Waals surface area contributed by atoms with Gasteiger partial charge >= 0.3 is 0 Å². The summed E-state index contributed by atoms with van der Waals surface area (Å²) in [7, 11) is 1.63. The molecule has 0 aliphatic rings. The molecular weight excluding hydrogens is 340 g/mol. The number of rotatable bonds is 8. The number of ether oxygens (including phenoxy) is 1. The first-order valence-electron chi connectivity index (χ1n) is 8.11. The van der Waals surface area contributed by atoms with Crippen molar-refractivity contribution >= 4 is 34.8 Å². The molecule has 0 aliphatic heterocycles. The van der Waals surface area contributed by atoms with Crippen molar-refractivity contribution in [3.63, 3.8) is 0 Å². The zero-order valence-electron chi connectivity index (χ0n) is 14.9. The molecule has 7 nitrogen and oxygen atoms in total. The van der Waals surface area contributed by atoms with E-state index in [-0.39, 0.29) is 24.7 Å². The number of anilines is 1. The summed E-state index contributed by atoms with van der Waals surface area (Å²) in [4.78, 5) is 23.6. The minimum absolute atomic E-state index is 0.0654. The minimum atomic E-state index is -0.309. The highest BCUT2D eigenvalue weighted by Crippen LogP contribution is 2.14. The van der Waals surface area contributed by atoms with Crippen LogP contribution in [-0.4, -0.2) is 37.2 Å². The molecular formula is C17H26N4O3S. The van der Waals surface area contributed by atoms with Crippen LogP contribution in [0.1, 0.15) is 30.4 Å². The zero-order chi connectivity index (χ0) is 18.7. The van der Waals surface area contributed by atoms with E-state index in [0.29, 0.717) is 18.3 Å². The predicted octanol–water partition coefficient (Wildman–Crippen LogP) is 1.55. The van der Waals surface area contributed by atoms with Crippen molar-refractivity contribution < 1.29 is 14.3 Å². The molecule has 0 bridgehead atoms. The molecule has 0 aliphatic carbocycles. The lowest BCUT2D eigenvalue weighted by atomic mass is 10.1. The third kappa shape index (κ3) is 9.02. The quantitative estimate of drug-likeness (QED) is 0.317. The number of benzene rings is 1. The summed E-state index contributed by atoms with van der Waals surface area (Å²) in [6, 6.07) is 5.69. The summed E-state index contributed by atoms with van der Waals surface area (Å²) in [5, 5.41) is 6.03. The minimum Gasteiger partial charge on any atom is -0.385 e. The van der Waals surface area contributed by atoms with Crippen molar-refractivity contribution in [2.45, 2.75) is 33.1 Å². The Hall–Kier alpha value is -2.19. The van der Waals surface area contributed by atoms with Gasteiger partial charge in [0, 0.05) is 38.8 Å². The monoisotopic (exact) mass is 366 g/mol. The standard InChI is InChI=1S/C17H26N4O3S/c1-12-5-6-14(11-13(12)2)19-15(22)7-8-16(23)20-21-17(25)18-9-4-10-24-3/h5-6,11H,4,7-10H2,1-3H3,(H,19,22)(H,20,23)(H2,18,21,25). The van der Waals surface area contributed by atoms with Crippen LogP contribution in [0, 0.1) is 13.8 Å². The smallest absolute Gasteiger partial charge is 0.238 e. The Morgan fingerprint density at radius 3 is 2.48 bits per heavy atom. The van der Waals surface area contributed by atoms with Crippen LogP contribution < -0.4 is 21.5 Å². The Kier molecular flexibility index (Phi) is 9.49. The highest BCUT2D eigenvalue weighted by atomic mass is 32.1. The van der Waals surface area contributed by atoms with Gasteiger partial charge in [-0.3, -0.25) is 20.4 Å². The topological polar surface area (TPSA) is 91.5 Å². The SMILES string of the molecule is COCCCNC(=S)NNC(=O)CCC(=O)Nc1ccc(C)c(C)c1. The van der Waals surface area contributed by atoms with Gasteiger partial charge in [0.15, 0.2) is 5.11 Å². The summed E-state index contributed by atoms with van der Waals surface area (Å²) in [5.74, 6) is -0.519. The summed E-state index contributed by atoms with van der Waals surface area (Å²) in [6.07, 6.45) is 0.968. The first-order chi connectivity index (χ1) is 11.9. The molecule has 1 rings (SSSR count). The van der Waals surface area contributed by atoms with Crippen LogP contribution in [0.4, 0.5) is 5.69 Å². The van der Waals surface area contributed by atoms with E-state index in [4.69, 9.17) is 17.0 Å². The lowest BCUT2D eigenvalue weighted by Crippen LogP contribution is -2.47. The highest BCUT2D eigenvalue weighted by Gasteiger charge is 2.08. The fourth-order valence-corrected chi connectivity index (χ4v) is 2.07. The van der Waals surface area contributed by atoms with Crippen molar-refractivity contribution in [1.82, 2.24) is 16.2 Å². The first kappa shape index (κ1) is 20.9. The molecule has 138 valence electrons. The Labute approximate surface area is 153 Å². The largest absolute Gasteiger partial charge is 0.385 e. The van der Waals surface area contributed by atoms with Crippen LogP contribution in [0.25, 0.3) is 0 Å². The van der Waals surface area contributed by atoms with Gasteiger partial charge < -0.3 is 15.4 Å². The van der Waals surface area contributed by atoms with Crippen molar-refractivity contribution in [2.24, 2.45) is 0 Å². The number of amides is 2. The number of hydrogen-bond donors (Lipinski definition) is 4. The lowest BCUT2D eigenvalue weighted by molar-refractivity contribution is -0.124. The van der Waals surface area contributed by atoms with Crippen molar-refractivity contribution in [2.75, 3.05) is 25.6 Å². The first-order valence-corrected chi connectivity index (χ1v) is 8.52. The number of hydrazine groups is 1. The van der Waals surface area contributed by atoms with Crippen molar-refractivity contribution in [3.8, 4) is 0 Å². The van der Waals surface area contributed by atoms with E-state index in [1.54, 1.807) is 7.11 Å². The number of thiocarbonyl (C=S) groups is 1. The Morgan fingerprint density at radius 2 is 1.80 bits per heavy atom. The molecule has 0 atom stereocenters. The van der Waals surface area contributed by atoms with Crippen molar-refractivity contribution in [1.29, 1.82) is 0 Å². The second kappa shape index (κ2) is 11.4. The fraction of sp³-hybridized carbons (Fsp3) is 0.471. The Balaban J connectivity index is 2.21. The molecule has 2 amide bonds. The summed E-state index contributed by atoms with van der Waals surface area (Å²) in [5.41, 5.74) is 8.04. The van der Waals surface area contributed by atoms with Gasteiger partial charge in [0.05, 0.1) is 0 Å². The molecule has 0 aromatic heterocycles. The molecule has 1 aromatic rings. The molecule has 1 aromatic carbocycles. The van der Waals surface area contributed by atoms with Gasteiger partial charge in [-0.1, -0.05) is 6.07 Å². The number of carbonyl (C=O) groups is 2. The average Bonchev–Trinajstić information content (AvgIpc) is 2.58. The maximum absolute atomic E-state index is 11.9. The predicted molar refractivity (Wildman–Crippen MR) is 102 cm³/mol. The summed E-state index contributed by atoms with van der Waals surface area (Å²) in [6.45, 7) is 5.27. The van der Waals surface area contributed by atoms with Crippen LogP contribution in [-0.2, 0) is 14.3 Å². The van der Waals surface area contributed by atoms with Gasteiger partial charge in [0.2, 0.25) is 11.8 Å². The molecule has 0 spiro atoms. The second-order valence-corrected chi connectivity index (χ2v) is 6.03. The van der Waals surface area contributed by atoms with E-state index in [1.165, 1.54) is 0 Å². The molecule has 25 heavy (non-hydrogen) atoms. The summed E-state index contributed by atoms with van der Waals surface area (Å²) < 4.78 is 4.92. The molecule has 0 saturated carbocycles. The highest BCUT2D eigenvalue weighted by molar-refractivity contribution is 7.80. The van der Waals surface area contributed by atoms with E-state index in [2.05, 4.69) is 21.5 Å². The van der Waals surface area contributed by atoms with Gasteiger partial charge in [-0.2, -0.15) is 0 Å². The van der Waals surface area contributed by atoms with Crippen molar-refractivity contribution in [3.05, 3.63) is 29.3 Å². The van der Waals surface area contributed by atoms with Crippen LogP contribution in [0.3, 0.4) is 0 Å². The molecule has 4 N–H and O–H groups in total. The van der Waals surface area contributed by atoms with Gasteiger partial charge in [-0.25, -0.2) is 0 Å². The van der Waals surface area contributed by atoms with Gasteiger partial charge in [-0.15, -0.1) is 0 Å². The molecule has 0 fully saturated rings. The Bertz CT molecular complexity index is 608. The maximum atomic E-state index is 11.9. The fourth-order valence-electron chi connectivity index (χ4n) is 1.92. The third-order valence-corrected chi connectivity index (χ3v) is 3.74. The lowest BCUT2D eigenvalue weighted by Gasteiger charge is -2.11. The van der Waals surface area contributed by atoms with Gasteiger partial charge in [-0.05, 0) is 55.7 Å².